The van der Waals surface area contributed by atoms with Gasteiger partial charge in [-0.1, -0.05) is 17.7 Å². The van der Waals surface area contributed by atoms with E-state index in [-0.39, 0.29) is 17.7 Å². The van der Waals surface area contributed by atoms with E-state index in [9.17, 15) is 13.2 Å². The summed E-state index contributed by atoms with van der Waals surface area (Å²) >= 11 is 0. The van der Waals surface area contributed by atoms with Gasteiger partial charge in [-0.2, -0.15) is 0 Å². The van der Waals surface area contributed by atoms with Crippen LogP contribution in [0.4, 0.5) is 13.2 Å². The van der Waals surface area contributed by atoms with Gasteiger partial charge in [0, 0.05) is 29.6 Å². The summed E-state index contributed by atoms with van der Waals surface area (Å²) in [5, 5.41) is 13.4. The predicted octanol–water partition coefficient (Wildman–Crippen LogP) is 4.61. The van der Waals surface area contributed by atoms with Crippen LogP contribution in [0, 0.1) is 5.92 Å². The molecule has 2 aliphatic rings. The van der Waals surface area contributed by atoms with Crippen LogP contribution in [0.5, 0.6) is 0 Å². The maximum Gasteiger partial charge on any atom is 0.573 e. The minimum atomic E-state index is -4.67. The summed E-state index contributed by atoms with van der Waals surface area (Å²) < 4.78 is 43.5. The standard InChI is InChI=1S/C22H25F3N6O/c1-12-9-16(32-22(23,24)25)10-13(2)18(12)28-15-5-3-14(4-6-15)19-20-17-7-8-26-21(17)27-11-31(20)30-29-19/h7-12,14-15,18,26,28H,3-6H2,1-2H3. The average Bonchev–Trinajstić information content (AvgIpc) is 3.36. The zero-order valence-electron chi connectivity index (χ0n) is 17.9. The quantitative estimate of drug-likeness (QED) is 0.612. The first-order valence-corrected chi connectivity index (χ1v) is 10.9. The third kappa shape index (κ3) is 3.99. The topological polar surface area (TPSA) is 80.1 Å². The second-order valence-corrected chi connectivity index (χ2v) is 8.81. The fourth-order valence-corrected chi connectivity index (χ4v) is 5.09. The van der Waals surface area contributed by atoms with Crippen LogP contribution >= 0.6 is 0 Å². The first-order chi connectivity index (χ1) is 15.3. The SMILES string of the molecule is CC1=CC(OC(F)(F)F)=CC(C)C1NC1CCC(c2nnn3cnc4[nH]ccc4c23)CC1. The molecule has 7 nitrogen and oxygen atoms in total. The number of halogens is 3. The van der Waals surface area contributed by atoms with Crippen LogP contribution in [0.1, 0.15) is 51.1 Å². The molecule has 2 N–H and O–H groups in total. The summed E-state index contributed by atoms with van der Waals surface area (Å²) in [6.07, 6.45) is 5.80. The number of rotatable bonds is 4. The van der Waals surface area contributed by atoms with Crippen molar-refractivity contribution in [2.75, 3.05) is 0 Å². The number of hydrogen-bond acceptors (Lipinski definition) is 5. The molecule has 2 unspecified atom stereocenters. The highest BCUT2D eigenvalue weighted by Gasteiger charge is 2.35. The third-order valence-electron chi connectivity index (χ3n) is 6.57. The first kappa shape index (κ1) is 21.0. The van der Waals surface area contributed by atoms with Crippen molar-refractivity contribution in [2.24, 2.45) is 5.92 Å². The molecule has 0 saturated heterocycles. The van der Waals surface area contributed by atoms with Gasteiger partial charge in [-0.3, -0.25) is 0 Å². The molecule has 0 aliphatic heterocycles. The highest BCUT2D eigenvalue weighted by atomic mass is 19.4. The fraction of sp³-hybridized carbons (Fsp3) is 0.500. The summed E-state index contributed by atoms with van der Waals surface area (Å²) in [6, 6.07) is 2.30. The molecular weight excluding hydrogens is 421 g/mol. The molecule has 32 heavy (non-hydrogen) atoms. The van der Waals surface area contributed by atoms with Crippen LogP contribution < -0.4 is 5.32 Å². The van der Waals surface area contributed by atoms with Gasteiger partial charge < -0.3 is 15.0 Å². The largest absolute Gasteiger partial charge is 0.573 e. The number of nitrogens with one attached hydrogen (secondary N) is 2. The lowest BCUT2D eigenvalue weighted by Crippen LogP contribution is -2.45. The second-order valence-electron chi connectivity index (χ2n) is 8.81. The molecule has 0 bridgehead atoms. The monoisotopic (exact) mass is 446 g/mol. The lowest BCUT2D eigenvalue weighted by Gasteiger charge is -2.35. The van der Waals surface area contributed by atoms with Crippen molar-refractivity contribution in [2.45, 2.75) is 63.9 Å². The number of allylic oxidation sites excluding steroid dienone is 1. The van der Waals surface area contributed by atoms with Crippen molar-refractivity contribution in [3.63, 3.8) is 0 Å². The maximum atomic E-state index is 12.6. The molecule has 2 aliphatic carbocycles. The molecule has 2 atom stereocenters. The Labute approximate surface area is 182 Å². The maximum absolute atomic E-state index is 12.6. The minimum absolute atomic E-state index is 0.00204. The van der Waals surface area contributed by atoms with E-state index in [1.807, 2.05) is 26.1 Å². The van der Waals surface area contributed by atoms with Crippen molar-refractivity contribution < 1.29 is 17.9 Å². The molecule has 3 heterocycles. The van der Waals surface area contributed by atoms with Crippen LogP contribution in [0.15, 0.2) is 42.1 Å². The smallest absolute Gasteiger partial charge is 0.406 e. The number of aromatic nitrogens is 5. The number of ether oxygens (including phenoxy) is 1. The predicted molar refractivity (Wildman–Crippen MR) is 113 cm³/mol. The summed E-state index contributed by atoms with van der Waals surface area (Å²) in [5.74, 6) is 0.0952. The fourth-order valence-electron chi connectivity index (χ4n) is 5.09. The molecule has 0 amide bonds. The Balaban J connectivity index is 1.25. The van der Waals surface area contributed by atoms with Gasteiger partial charge in [-0.25, -0.2) is 9.50 Å². The first-order valence-electron chi connectivity index (χ1n) is 10.9. The van der Waals surface area contributed by atoms with E-state index in [0.717, 1.165) is 53.5 Å². The number of fused-ring (bicyclic) bond motifs is 3. The van der Waals surface area contributed by atoms with Crippen molar-refractivity contribution in [3.8, 4) is 0 Å². The lowest BCUT2D eigenvalue weighted by molar-refractivity contribution is -0.303. The Morgan fingerprint density at radius 2 is 2.00 bits per heavy atom. The summed E-state index contributed by atoms with van der Waals surface area (Å²) in [4.78, 5) is 7.49. The molecule has 3 aromatic rings. The van der Waals surface area contributed by atoms with Gasteiger partial charge in [-0.15, -0.1) is 18.3 Å². The molecule has 1 saturated carbocycles. The minimum Gasteiger partial charge on any atom is -0.406 e. The van der Waals surface area contributed by atoms with E-state index in [1.165, 1.54) is 6.08 Å². The van der Waals surface area contributed by atoms with Gasteiger partial charge in [0.05, 0.1) is 5.69 Å². The summed E-state index contributed by atoms with van der Waals surface area (Å²) in [7, 11) is 0. The third-order valence-corrected chi connectivity index (χ3v) is 6.57. The molecule has 1 fully saturated rings. The Bertz CT molecular complexity index is 1190. The Hall–Kier alpha value is -2.88. The van der Waals surface area contributed by atoms with E-state index in [2.05, 4.69) is 30.3 Å². The molecule has 0 radical (unpaired) electrons. The van der Waals surface area contributed by atoms with E-state index in [4.69, 9.17) is 0 Å². The molecular formula is C22H25F3N6O. The zero-order valence-corrected chi connectivity index (χ0v) is 17.9. The highest BCUT2D eigenvalue weighted by Crippen LogP contribution is 2.36. The van der Waals surface area contributed by atoms with Gasteiger partial charge in [-0.05, 0) is 56.7 Å². The van der Waals surface area contributed by atoms with E-state index < -0.39 is 6.36 Å². The number of hydrogen-bond donors (Lipinski definition) is 2. The van der Waals surface area contributed by atoms with Crippen LogP contribution in [-0.2, 0) is 4.74 Å². The highest BCUT2D eigenvalue weighted by molar-refractivity contribution is 5.92. The molecule has 0 spiro atoms. The van der Waals surface area contributed by atoms with Crippen molar-refractivity contribution in [3.05, 3.63) is 47.8 Å². The van der Waals surface area contributed by atoms with Crippen LogP contribution in [-0.4, -0.2) is 43.2 Å². The second kappa shape index (κ2) is 7.91. The normalized spacial score (nSPS) is 26.9. The number of H-pyrrole nitrogens is 1. The number of alkyl halides is 3. The van der Waals surface area contributed by atoms with Crippen molar-refractivity contribution >= 4 is 16.6 Å². The van der Waals surface area contributed by atoms with Crippen LogP contribution in [0.25, 0.3) is 16.6 Å². The molecule has 3 aromatic heterocycles. The number of nitrogens with zero attached hydrogens (tertiary/aromatic N) is 4. The molecule has 10 heteroatoms. The van der Waals surface area contributed by atoms with Gasteiger partial charge in [0.15, 0.2) is 0 Å². The molecule has 5 rings (SSSR count). The summed E-state index contributed by atoms with van der Waals surface area (Å²) in [5.41, 5.74) is 3.70. The van der Waals surface area contributed by atoms with Gasteiger partial charge in [0.25, 0.3) is 0 Å². The number of aromatic amines is 1. The van der Waals surface area contributed by atoms with Crippen LogP contribution in [0.3, 0.4) is 0 Å². The van der Waals surface area contributed by atoms with E-state index in [0.29, 0.717) is 12.0 Å². The van der Waals surface area contributed by atoms with E-state index in [1.54, 1.807) is 16.9 Å². The Morgan fingerprint density at radius 1 is 1.22 bits per heavy atom. The average molecular weight is 446 g/mol. The van der Waals surface area contributed by atoms with Gasteiger partial charge in [0.2, 0.25) is 0 Å². The van der Waals surface area contributed by atoms with Crippen LogP contribution in [0.2, 0.25) is 0 Å². The Morgan fingerprint density at radius 3 is 2.72 bits per heavy atom. The lowest BCUT2D eigenvalue weighted by atomic mass is 9.82. The molecule has 170 valence electrons. The zero-order chi connectivity index (χ0) is 22.5. The van der Waals surface area contributed by atoms with E-state index >= 15 is 0 Å². The summed E-state index contributed by atoms with van der Waals surface area (Å²) in [6.45, 7) is 3.77. The Kier molecular flexibility index (Phi) is 5.19. The molecule has 0 aromatic carbocycles. The van der Waals surface area contributed by atoms with Gasteiger partial charge in [0.1, 0.15) is 23.3 Å². The van der Waals surface area contributed by atoms with Crippen molar-refractivity contribution in [1.29, 1.82) is 0 Å². The van der Waals surface area contributed by atoms with Gasteiger partial charge >= 0.3 is 6.36 Å². The van der Waals surface area contributed by atoms with Crippen molar-refractivity contribution in [1.82, 2.24) is 30.1 Å².